The number of hydrogen-bond donors (Lipinski definition) is 2. The summed E-state index contributed by atoms with van der Waals surface area (Å²) in [7, 11) is -5.98. The highest BCUT2D eigenvalue weighted by atomic mass is 35.5. The number of hydrogen-bond acceptors (Lipinski definition) is 8. The van der Waals surface area contributed by atoms with Crippen LogP contribution in [-0.4, -0.2) is 66.0 Å². The van der Waals surface area contributed by atoms with Crippen molar-refractivity contribution in [3.8, 4) is 0 Å². The third-order valence-corrected chi connectivity index (χ3v) is 10.2. The summed E-state index contributed by atoms with van der Waals surface area (Å²) >= 11 is 2.51. The summed E-state index contributed by atoms with van der Waals surface area (Å²) in [5.41, 5.74) is 0.496. The molecule has 1 unspecified atom stereocenters. The number of likely N-dealkylation sites (N-methyl/N-ethyl adjacent to an activating group) is 1. The van der Waals surface area contributed by atoms with Gasteiger partial charge in [-0.2, -0.15) is 16.1 Å². The zero-order valence-corrected chi connectivity index (χ0v) is 20.0. The molecule has 8 nitrogen and oxygen atoms in total. The van der Waals surface area contributed by atoms with E-state index in [2.05, 4.69) is 5.32 Å². The first kappa shape index (κ1) is 26.1. The first-order valence-corrected chi connectivity index (χ1v) is 13.6. The smallest absolute Gasteiger partial charge is 0.252 e. The summed E-state index contributed by atoms with van der Waals surface area (Å²) in [5, 5.41) is 8.45. The summed E-state index contributed by atoms with van der Waals surface area (Å²) in [6.07, 6.45) is 1.71. The molecule has 0 radical (unpaired) electrons. The van der Waals surface area contributed by atoms with Crippen molar-refractivity contribution in [2.45, 2.75) is 34.2 Å². The average Bonchev–Trinajstić information content (AvgIpc) is 3.05. The van der Waals surface area contributed by atoms with E-state index in [0.29, 0.717) is 18.7 Å². The van der Waals surface area contributed by atoms with Crippen LogP contribution in [0.25, 0.3) is 0 Å². The van der Waals surface area contributed by atoms with E-state index in [9.17, 15) is 16.8 Å². The van der Waals surface area contributed by atoms with Crippen molar-refractivity contribution in [2.24, 2.45) is 5.14 Å². The van der Waals surface area contributed by atoms with Crippen LogP contribution >= 0.6 is 35.5 Å². The molecule has 1 aromatic heterocycles. The Kier molecular flexibility index (Phi) is 10.7. The van der Waals surface area contributed by atoms with Gasteiger partial charge in [0.1, 0.15) is 8.42 Å². The number of thiophene rings is 1. The van der Waals surface area contributed by atoms with E-state index in [0.717, 1.165) is 42.3 Å². The van der Waals surface area contributed by atoms with Gasteiger partial charge in [0.2, 0.25) is 10.0 Å². The summed E-state index contributed by atoms with van der Waals surface area (Å²) in [6, 6.07) is 1.15. The number of nitrogens with one attached hydrogen (secondary N) is 1. The summed E-state index contributed by atoms with van der Waals surface area (Å²) in [4.78, 5) is 0. The lowest BCUT2D eigenvalue weighted by molar-refractivity contribution is 0.200. The van der Waals surface area contributed by atoms with Crippen molar-refractivity contribution in [2.75, 3.05) is 44.9 Å². The van der Waals surface area contributed by atoms with E-state index >= 15 is 0 Å². The molecule has 1 aliphatic heterocycles. The van der Waals surface area contributed by atoms with Crippen LogP contribution in [0.15, 0.2) is 14.5 Å². The van der Waals surface area contributed by atoms with Crippen LogP contribution in [0.3, 0.4) is 0 Å². The molecule has 0 amide bonds. The van der Waals surface area contributed by atoms with Gasteiger partial charge in [0, 0.05) is 38.4 Å². The number of halogens is 1. The van der Waals surface area contributed by atoms with Gasteiger partial charge in [-0.1, -0.05) is 6.92 Å². The number of nitrogens with two attached hydrogens (primary N) is 1. The monoisotopic (exact) mass is 493 g/mol. The standard InChI is InChI=1S/C15H27N3O5S4.ClH/c1-3-17-13-11-18(6-4-8-24-9-5-7-23-2)27(21,22)15-12(13)10-14(25-15)26(16,19)20;/h10,13,17H,3-9,11H2,1-2H3,(H2,16,19,20);1H. The van der Waals surface area contributed by atoms with E-state index in [-0.39, 0.29) is 33.4 Å². The molecule has 0 spiro atoms. The third kappa shape index (κ3) is 6.54. The maximum absolute atomic E-state index is 12.9. The van der Waals surface area contributed by atoms with Crippen molar-refractivity contribution in [3.05, 3.63) is 11.6 Å². The molecule has 2 heterocycles. The second kappa shape index (κ2) is 11.5. The first-order chi connectivity index (χ1) is 12.7. The van der Waals surface area contributed by atoms with Gasteiger partial charge in [0.25, 0.3) is 10.0 Å². The Morgan fingerprint density at radius 3 is 2.68 bits per heavy atom. The minimum atomic E-state index is -3.94. The lowest BCUT2D eigenvalue weighted by Gasteiger charge is -2.32. The molecular weight excluding hydrogens is 466 g/mol. The van der Waals surface area contributed by atoms with Gasteiger partial charge in [-0.25, -0.2) is 22.0 Å². The zero-order valence-electron chi connectivity index (χ0n) is 15.9. The quantitative estimate of drug-likeness (QED) is 0.449. The van der Waals surface area contributed by atoms with Crippen molar-refractivity contribution in [3.63, 3.8) is 0 Å². The topological polar surface area (TPSA) is 119 Å². The molecule has 0 bridgehead atoms. The number of primary sulfonamides is 1. The zero-order chi connectivity index (χ0) is 20.1. The molecule has 0 fully saturated rings. The molecule has 28 heavy (non-hydrogen) atoms. The number of sulfonamides is 2. The van der Waals surface area contributed by atoms with E-state index < -0.39 is 20.0 Å². The molecule has 0 aromatic carbocycles. The third-order valence-electron chi connectivity index (χ3n) is 4.10. The Bertz CT molecular complexity index is 829. The highest BCUT2D eigenvalue weighted by Gasteiger charge is 2.39. The minimum absolute atomic E-state index is 0. The first-order valence-electron chi connectivity index (χ1n) is 8.68. The van der Waals surface area contributed by atoms with Crippen molar-refractivity contribution in [1.29, 1.82) is 0 Å². The highest BCUT2D eigenvalue weighted by molar-refractivity contribution is 7.99. The molecular formula is C15H28ClN3O5S4. The van der Waals surface area contributed by atoms with E-state index in [1.165, 1.54) is 10.4 Å². The number of ether oxygens (including phenoxy) is 1. The average molecular weight is 494 g/mol. The Morgan fingerprint density at radius 2 is 2.07 bits per heavy atom. The normalized spacial score (nSPS) is 19.2. The number of thioether (sulfide) groups is 1. The number of methoxy groups -OCH3 is 1. The summed E-state index contributed by atoms with van der Waals surface area (Å²) in [6.45, 7) is 4.00. The lowest BCUT2D eigenvalue weighted by Crippen LogP contribution is -2.43. The van der Waals surface area contributed by atoms with Gasteiger partial charge in [-0.05, 0) is 37.0 Å². The van der Waals surface area contributed by atoms with Gasteiger partial charge >= 0.3 is 0 Å². The van der Waals surface area contributed by atoms with E-state index in [1.54, 1.807) is 18.9 Å². The van der Waals surface area contributed by atoms with Crippen molar-refractivity contribution >= 4 is 55.6 Å². The van der Waals surface area contributed by atoms with Crippen LogP contribution in [0.1, 0.15) is 31.4 Å². The van der Waals surface area contributed by atoms with E-state index in [1.807, 2.05) is 6.92 Å². The number of nitrogens with zero attached hydrogens (tertiary/aromatic N) is 1. The highest BCUT2D eigenvalue weighted by Crippen LogP contribution is 2.39. The van der Waals surface area contributed by atoms with Crippen molar-refractivity contribution < 1.29 is 21.6 Å². The van der Waals surface area contributed by atoms with Crippen LogP contribution in [0, 0.1) is 0 Å². The lowest BCUT2D eigenvalue weighted by atomic mass is 10.1. The second-order valence-corrected chi connectivity index (χ2v) is 12.3. The van der Waals surface area contributed by atoms with Crippen LogP contribution < -0.4 is 10.5 Å². The van der Waals surface area contributed by atoms with Crippen molar-refractivity contribution in [1.82, 2.24) is 9.62 Å². The molecule has 1 aliphatic rings. The molecule has 3 N–H and O–H groups in total. The molecule has 0 saturated carbocycles. The molecule has 164 valence electrons. The predicted molar refractivity (Wildman–Crippen MR) is 117 cm³/mol. The van der Waals surface area contributed by atoms with Gasteiger partial charge in [0.15, 0.2) is 0 Å². The summed E-state index contributed by atoms with van der Waals surface area (Å²) in [5.74, 6) is 1.84. The van der Waals surface area contributed by atoms with Crippen LogP contribution in [-0.2, 0) is 24.8 Å². The molecule has 0 aliphatic carbocycles. The fraction of sp³-hybridized carbons (Fsp3) is 0.733. The van der Waals surface area contributed by atoms with Crippen LogP contribution in [0.4, 0.5) is 0 Å². The Balaban J connectivity index is 0.00000392. The number of rotatable bonds is 11. The van der Waals surface area contributed by atoms with Gasteiger partial charge in [-0.15, -0.1) is 23.7 Å². The minimum Gasteiger partial charge on any atom is -0.385 e. The van der Waals surface area contributed by atoms with Gasteiger partial charge in [0.05, 0.1) is 0 Å². The fourth-order valence-electron chi connectivity index (χ4n) is 2.85. The van der Waals surface area contributed by atoms with Gasteiger partial charge < -0.3 is 10.1 Å². The molecule has 1 atom stereocenters. The SMILES string of the molecule is CCNC1CN(CCCSCCCOC)S(=O)(=O)c2sc(S(N)(=O)=O)cc21.Cl. The largest absolute Gasteiger partial charge is 0.385 e. The van der Waals surface area contributed by atoms with E-state index in [4.69, 9.17) is 9.88 Å². The predicted octanol–water partition coefficient (Wildman–Crippen LogP) is 1.63. The Morgan fingerprint density at radius 1 is 1.39 bits per heavy atom. The molecule has 0 saturated heterocycles. The van der Waals surface area contributed by atoms with Crippen LogP contribution in [0.5, 0.6) is 0 Å². The molecule has 1 aromatic rings. The number of fused-ring (bicyclic) bond motifs is 1. The fourth-order valence-corrected chi connectivity index (χ4v) is 8.02. The maximum Gasteiger partial charge on any atom is 0.252 e. The maximum atomic E-state index is 12.9. The van der Waals surface area contributed by atoms with Crippen LogP contribution in [0.2, 0.25) is 0 Å². The second-order valence-electron chi connectivity index (χ2n) is 6.14. The molecule has 2 rings (SSSR count). The summed E-state index contributed by atoms with van der Waals surface area (Å²) < 4.78 is 55.7. The molecule has 13 heteroatoms. The van der Waals surface area contributed by atoms with Gasteiger partial charge in [-0.3, -0.25) is 0 Å². The Labute approximate surface area is 182 Å². The Hall–Kier alpha value is 0.0800.